The van der Waals surface area contributed by atoms with Crippen LogP contribution in [0.5, 0.6) is 0 Å². The van der Waals surface area contributed by atoms with Gasteiger partial charge in [0.05, 0.1) is 12.3 Å². The molecule has 6 nitrogen and oxygen atoms in total. The van der Waals surface area contributed by atoms with E-state index in [1.54, 1.807) is 36.4 Å². The lowest BCUT2D eigenvalue weighted by Crippen LogP contribution is -2.53. The Labute approximate surface area is 184 Å². The number of hydrogen-bond acceptors (Lipinski definition) is 6. The lowest BCUT2D eigenvalue weighted by atomic mass is 9.92. The van der Waals surface area contributed by atoms with Crippen LogP contribution >= 0.6 is 0 Å². The number of rotatable bonds is 7. The topological polar surface area (TPSA) is 95.0 Å². The number of benzene rings is 2. The molecule has 2 aromatic carbocycles. The molecule has 0 amide bonds. The van der Waals surface area contributed by atoms with Gasteiger partial charge < -0.3 is 9.84 Å². The zero-order valence-corrected chi connectivity index (χ0v) is 17.0. The minimum absolute atomic E-state index is 0.0747. The van der Waals surface area contributed by atoms with Gasteiger partial charge in [-0.1, -0.05) is 42.5 Å². The molecular weight excluding hydrogens is 456 g/mol. The molecule has 2 aromatic rings. The summed E-state index contributed by atoms with van der Waals surface area (Å²) in [7, 11) is 0. The molecule has 0 aliphatic rings. The zero-order chi connectivity index (χ0) is 24.9. The number of esters is 1. The average molecular weight is 473 g/mol. The fourth-order valence-corrected chi connectivity index (χ4v) is 2.80. The first-order chi connectivity index (χ1) is 15.3. The second-order valence-corrected chi connectivity index (χ2v) is 6.81. The van der Waals surface area contributed by atoms with Gasteiger partial charge in [0, 0.05) is 12.0 Å². The summed E-state index contributed by atoms with van der Waals surface area (Å²) in [6.07, 6.45) is -12.3. The van der Waals surface area contributed by atoms with E-state index in [2.05, 4.69) is 10.2 Å². The van der Waals surface area contributed by atoms with E-state index in [0.717, 1.165) is 12.1 Å². The van der Waals surface area contributed by atoms with Crippen molar-refractivity contribution in [1.82, 2.24) is 0 Å². The van der Waals surface area contributed by atoms with Crippen LogP contribution in [0.15, 0.2) is 64.8 Å². The van der Waals surface area contributed by atoms with Crippen molar-refractivity contribution in [2.45, 2.75) is 36.8 Å². The number of alkyl halides is 6. The van der Waals surface area contributed by atoms with E-state index >= 15 is 0 Å². The number of aliphatic hydroxyl groups is 1. The molecule has 0 spiro atoms. The molecule has 33 heavy (non-hydrogen) atoms. The molecule has 0 saturated heterocycles. The second-order valence-electron chi connectivity index (χ2n) is 6.81. The number of carbonyl (C=O) groups excluding carboxylic acids is 1. The van der Waals surface area contributed by atoms with Crippen molar-refractivity contribution < 1.29 is 41.0 Å². The summed E-state index contributed by atoms with van der Waals surface area (Å²) in [6, 6.07) is 12.2. The summed E-state index contributed by atoms with van der Waals surface area (Å²) < 4.78 is 82.9. The Morgan fingerprint density at radius 3 is 2.00 bits per heavy atom. The lowest BCUT2D eigenvalue weighted by Gasteiger charge is -2.32. The normalized spacial score (nSPS) is 14.5. The van der Waals surface area contributed by atoms with Crippen LogP contribution in [0, 0.1) is 11.3 Å². The van der Waals surface area contributed by atoms with E-state index in [9.17, 15) is 41.5 Å². The quantitative estimate of drug-likeness (QED) is 0.342. The van der Waals surface area contributed by atoms with Gasteiger partial charge in [0.15, 0.2) is 0 Å². The highest BCUT2D eigenvalue weighted by atomic mass is 19.4. The third-order valence-electron chi connectivity index (χ3n) is 4.54. The summed E-state index contributed by atoms with van der Waals surface area (Å²) in [5, 5.41) is 26.5. The highest BCUT2D eigenvalue weighted by molar-refractivity contribution is 5.85. The second kappa shape index (κ2) is 9.58. The minimum atomic E-state index is -6.04. The molecule has 176 valence electrons. The van der Waals surface area contributed by atoms with E-state index in [1.807, 2.05) is 0 Å². The third-order valence-corrected chi connectivity index (χ3v) is 4.54. The van der Waals surface area contributed by atoms with E-state index < -0.39 is 35.0 Å². The van der Waals surface area contributed by atoms with Crippen molar-refractivity contribution in [3.63, 3.8) is 0 Å². The predicted molar refractivity (Wildman–Crippen MR) is 102 cm³/mol. The van der Waals surface area contributed by atoms with Crippen LogP contribution in [0.4, 0.5) is 32.0 Å². The predicted octanol–water partition coefficient (Wildman–Crippen LogP) is 5.15. The van der Waals surface area contributed by atoms with Crippen LogP contribution < -0.4 is 0 Å². The number of halogens is 6. The van der Waals surface area contributed by atoms with Crippen molar-refractivity contribution in [2.75, 3.05) is 6.61 Å². The van der Waals surface area contributed by atoms with Crippen LogP contribution in [0.3, 0.4) is 0 Å². The number of nitriles is 1. The molecule has 0 saturated carbocycles. The highest BCUT2D eigenvalue weighted by Gasteiger charge is 2.71. The summed E-state index contributed by atoms with van der Waals surface area (Å²) in [4.78, 5) is 12.4. The van der Waals surface area contributed by atoms with Gasteiger partial charge in [-0.15, -0.1) is 0 Å². The number of hydrogen-bond donors (Lipinski definition) is 1. The van der Waals surface area contributed by atoms with Gasteiger partial charge in [-0.25, -0.2) is 4.79 Å². The zero-order valence-electron chi connectivity index (χ0n) is 17.0. The van der Waals surface area contributed by atoms with E-state index in [-0.39, 0.29) is 18.7 Å². The lowest BCUT2D eigenvalue weighted by molar-refractivity contribution is -0.376. The first-order valence-corrected chi connectivity index (χ1v) is 9.32. The van der Waals surface area contributed by atoms with Crippen molar-refractivity contribution in [3.8, 4) is 6.07 Å². The van der Waals surface area contributed by atoms with E-state index in [4.69, 9.17) is 4.74 Å². The molecule has 12 heteroatoms. The van der Waals surface area contributed by atoms with Crippen molar-refractivity contribution in [1.29, 1.82) is 5.26 Å². The first kappa shape index (κ1) is 25.8. The maximum atomic E-state index is 13.0. The van der Waals surface area contributed by atoms with E-state index in [0.29, 0.717) is 17.7 Å². The van der Waals surface area contributed by atoms with Crippen LogP contribution in [0.2, 0.25) is 0 Å². The molecule has 0 fully saturated rings. The number of nitrogens with zero attached hydrogens (tertiary/aromatic N) is 3. The number of carbonyl (C=O) groups is 1. The Morgan fingerprint density at radius 2 is 1.55 bits per heavy atom. The van der Waals surface area contributed by atoms with Gasteiger partial charge >= 0.3 is 18.3 Å². The highest BCUT2D eigenvalue weighted by Crippen LogP contribution is 2.50. The Kier molecular flexibility index (Phi) is 7.49. The Balaban J connectivity index is 2.44. The first-order valence-electron chi connectivity index (χ1n) is 9.32. The molecule has 0 aromatic heterocycles. The largest absolute Gasteiger partial charge is 0.463 e. The van der Waals surface area contributed by atoms with E-state index in [1.165, 1.54) is 6.92 Å². The SMILES string of the molecule is CCOC(=O)C(C#N)(Cc1ccccc1)/N=N/c1ccc(C(O)(C(F)(F)F)C(F)(F)F)cc1. The van der Waals surface area contributed by atoms with Gasteiger partial charge in [-0.2, -0.15) is 41.8 Å². The molecule has 0 radical (unpaired) electrons. The Bertz CT molecular complexity index is 1020. The smallest absolute Gasteiger partial charge is 0.430 e. The Morgan fingerprint density at radius 1 is 1.00 bits per heavy atom. The maximum absolute atomic E-state index is 13.0. The summed E-state index contributed by atoms with van der Waals surface area (Å²) >= 11 is 0. The number of azo groups is 1. The monoisotopic (exact) mass is 473 g/mol. The molecular formula is C21H17F6N3O3. The van der Waals surface area contributed by atoms with Crippen molar-refractivity contribution in [2.24, 2.45) is 10.2 Å². The van der Waals surface area contributed by atoms with Crippen molar-refractivity contribution in [3.05, 3.63) is 65.7 Å². The summed E-state index contributed by atoms with van der Waals surface area (Å²) in [5.74, 6) is -1.03. The van der Waals surface area contributed by atoms with Crippen LogP contribution in [0.1, 0.15) is 18.1 Å². The fraction of sp³-hybridized carbons (Fsp3) is 0.333. The summed E-state index contributed by atoms with van der Waals surface area (Å²) in [6.45, 7) is 1.43. The van der Waals surface area contributed by atoms with Gasteiger partial charge in [0.2, 0.25) is 0 Å². The van der Waals surface area contributed by atoms with Crippen LogP contribution in [-0.4, -0.2) is 35.6 Å². The van der Waals surface area contributed by atoms with Gasteiger partial charge in [-0.3, -0.25) is 0 Å². The summed E-state index contributed by atoms with van der Waals surface area (Å²) in [5.41, 5.74) is -8.45. The van der Waals surface area contributed by atoms with Gasteiger partial charge in [-0.05, 0) is 24.6 Å². The molecule has 0 heterocycles. The minimum Gasteiger partial charge on any atom is -0.463 e. The molecule has 1 N–H and O–H groups in total. The number of ether oxygens (including phenoxy) is 1. The Hall–Kier alpha value is -3.46. The molecule has 1 atom stereocenters. The molecule has 0 bridgehead atoms. The standard InChI is InChI=1S/C21H17F6N3O3/c1-2-33-17(31)18(13-28,12-14-6-4-3-5-7-14)30-29-16-10-8-15(9-11-16)19(32,20(22,23)24)21(25,26)27/h3-11,32H,2,12H2,1H3/b30-29+. The third kappa shape index (κ3) is 5.31. The average Bonchev–Trinajstić information content (AvgIpc) is 2.75. The molecule has 2 rings (SSSR count). The van der Waals surface area contributed by atoms with Crippen molar-refractivity contribution >= 4 is 11.7 Å². The van der Waals surface area contributed by atoms with Gasteiger partial charge in [0.25, 0.3) is 11.1 Å². The van der Waals surface area contributed by atoms with Crippen LogP contribution in [0.25, 0.3) is 0 Å². The molecule has 0 aliphatic carbocycles. The molecule has 0 aliphatic heterocycles. The fourth-order valence-electron chi connectivity index (χ4n) is 2.80. The maximum Gasteiger partial charge on any atom is 0.430 e. The molecule has 1 unspecified atom stereocenters. The van der Waals surface area contributed by atoms with Crippen LogP contribution in [-0.2, 0) is 21.6 Å². The van der Waals surface area contributed by atoms with Gasteiger partial charge in [0.1, 0.15) is 6.07 Å².